The summed E-state index contributed by atoms with van der Waals surface area (Å²) in [4.78, 5) is 14.4. The Kier molecular flexibility index (Phi) is 4.39. The lowest BCUT2D eigenvalue weighted by Gasteiger charge is -2.09. The molecule has 20 heavy (non-hydrogen) atoms. The van der Waals surface area contributed by atoms with Crippen molar-refractivity contribution < 1.29 is 9.66 Å². The van der Waals surface area contributed by atoms with Crippen molar-refractivity contribution in [2.75, 3.05) is 0 Å². The summed E-state index contributed by atoms with van der Waals surface area (Å²) in [6.45, 7) is 3.85. The molecule has 0 aliphatic heterocycles. The van der Waals surface area contributed by atoms with Gasteiger partial charge in [-0.2, -0.15) is 0 Å². The van der Waals surface area contributed by atoms with Gasteiger partial charge >= 0.3 is 5.69 Å². The third kappa shape index (κ3) is 3.16. The van der Waals surface area contributed by atoms with Crippen LogP contribution in [-0.4, -0.2) is 9.91 Å². The highest BCUT2D eigenvalue weighted by Gasteiger charge is 2.18. The molecular formula is C13H10Br2N2O3. The molecule has 0 atom stereocenters. The van der Waals surface area contributed by atoms with Crippen LogP contribution >= 0.6 is 31.9 Å². The smallest absolute Gasteiger partial charge is 0.332 e. The molecule has 1 heterocycles. The van der Waals surface area contributed by atoms with E-state index in [1.807, 2.05) is 13.8 Å². The largest absolute Gasteiger partial charge is 0.434 e. The fraction of sp³-hybridized carbons (Fsp3) is 0.154. The number of nitro groups is 1. The maximum Gasteiger partial charge on any atom is 0.332 e. The Morgan fingerprint density at radius 2 is 1.80 bits per heavy atom. The first kappa shape index (κ1) is 14.9. The first-order chi connectivity index (χ1) is 9.38. The maximum atomic E-state index is 11.0. The summed E-state index contributed by atoms with van der Waals surface area (Å²) in [5.74, 6) is 0.487. The number of ether oxygens (including phenoxy) is 1. The summed E-state index contributed by atoms with van der Waals surface area (Å²) >= 11 is 6.61. The van der Waals surface area contributed by atoms with Gasteiger partial charge in [0.25, 0.3) is 5.88 Å². The molecule has 0 N–H and O–H groups in total. The molecule has 0 spiro atoms. The Bertz CT molecular complexity index is 666. The average molecular weight is 402 g/mol. The van der Waals surface area contributed by atoms with Gasteiger partial charge in [0.15, 0.2) is 0 Å². The van der Waals surface area contributed by atoms with Gasteiger partial charge in [-0.05, 0) is 53.0 Å². The van der Waals surface area contributed by atoms with Gasteiger partial charge < -0.3 is 4.74 Å². The van der Waals surface area contributed by atoms with E-state index in [4.69, 9.17) is 4.74 Å². The summed E-state index contributed by atoms with van der Waals surface area (Å²) in [5.41, 5.74) is 1.79. The number of rotatable bonds is 3. The summed E-state index contributed by atoms with van der Waals surface area (Å²) < 4.78 is 7.06. The van der Waals surface area contributed by atoms with Gasteiger partial charge in [0, 0.05) is 21.2 Å². The van der Waals surface area contributed by atoms with Gasteiger partial charge in [0.05, 0.1) is 4.92 Å². The van der Waals surface area contributed by atoms with Gasteiger partial charge in [0.2, 0.25) is 0 Å². The summed E-state index contributed by atoms with van der Waals surface area (Å²) in [7, 11) is 0. The van der Waals surface area contributed by atoms with E-state index < -0.39 is 4.92 Å². The van der Waals surface area contributed by atoms with Crippen molar-refractivity contribution in [3.8, 4) is 11.6 Å². The molecule has 0 saturated carbocycles. The second-order valence-electron chi connectivity index (χ2n) is 4.21. The van der Waals surface area contributed by atoms with E-state index in [1.165, 1.54) is 12.3 Å². The Morgan fingerprint density at radius 3 is 2.35 bits per heavy atom. The molecule has 0 aliphatic carbocycles. The van der Waals surface area contributed by atoms with E-state index in [9.17, 15) is 10.1 Å². The van der Waals surface area contributed by atoms with Gasteiger partial charge in [0.1, 0.15) is 5.75 Å². The van der Waals surface area contributed by atoms with Crippen LogP contribution < -0.4 is 4.74 Å². The number of pyridine rings is 1. The lowest BCUT2D eigenvalue weighted by atomic mass is 10.1. The molecule has 5 nitrogen and oxygen atoms in total. The molecular weight excluding hydrogens is 392 g/mol. The minimum atomic E-state index is -0.522. The van der Waals surface area contributed by atoms with Crippen molar-refractivity contribution in [2.45, 2.75) is 13.8 Å². The third-order valence-electron chi connectivity index (χ3n) is 2.62. The van der Waals surface area contributed by atoms with E-state index in [1.54, 1.807) is 12.1 Å². The molecule has 1 aromatic carbocycles. The minimum absolute atomic E-state index is 0.0284. The standard InChI is InChI=1S/C13H10Br2N2O3/c1-7-3-10(4-8(2)12(7)15)20-13-11(17(18)19)5-9(14)6-16-13/h3-6H,1-2H3. The lowest BCUT2D eigenvalue weighted by Crippen LogP contribution is -1.97. The Labute approximate surface area is 132 Å². The maximum absolute atomic E-state index is 11.0. The predicted molar refractivity (Wildman–Crippen MR) is 82.3 cm³/mol. The Morgan fingerprint density at radius 1 is 1.20 bits per heavy atom. The Hall–Kier alpha value is -1.47. The number of halogens is 2. The molecule has 104 valence electrons. The fourth-order valence-electron chi connectivity index (χ4n) is 1.70. The lowest BCUT2D eigenvalue weighted by molar-refractivity contribution is -0.386. The molecule has 1 aromatic heterocycles. The van der Waals surface area contributed by atoms with Crippen molar-refractivity contribution in [3.63, 3.8) is 0 Å². The van der Waals surface area contributed by atoms with Gasteiger partial charge in [-0.25, -0.2) is 4.98 Å². The van der Waals surface area contributed by atoms with Crippen LogP contribution in [0.3, 0.4) is 0 Å². The van der Waals surface area contributed by atoms with Crippen LogP contribution in [-0.2, 0) is 0 Å². The van der Waals surface area contributed by atoms with Gasteiger partial charge in [-0.15, -0.1) is 0 Å². The molecule has 2 aromatic rings. The van der Waals surface area contributed by atoms with Crippen molar-refractivity contribution in [3.05, 3.63) is 54.6 Å². The highest BCUT2D eigenvalue weighted by molar-refractivity contribution is 9.10. The summed E-state index contributed by atoms with van der Waals surface area (Å²) in [6.07, 6.45) is 1.46. The molecule has 0 aliphatic rings. The van der Waals surface area contributed by atoms with Crippen LogP contribution in [0.4, 0.5) is 5.69 Å². The molecule has 0 bridgehead atoms. The summed E-state index contributed by atoms with van der Waals surface area (Å²) in [5, 5.41) is 11.0. The Balaban J connectivity index is 2.42. The number of hydrogen-bond donors (Lipinski definition) is 0. The van der Waals surface area contributed by atoms with Crippen LogP contribution in [0.5, 0.6) is 11.6 Å². The molecule has 0 fully saturated rings. The zero-order chi connectivity index (χ0) is 14.9. The van der Waals surface area contributed by atoms with E-state index >= 15 is 0 Å². The summed E-state index contributed by atoms with van der Waals surface area (Å²) in [6, 6.07) is 4.95. The van der Waals surface area contributed by atoms with Crippen LogP contribution in [0, 0.1) is 24.0 Å². The highest BCUT2D eigenvalue weighted by Crippen LogP contribution is 2.33. The van der Waals surface area contributed by atoms with E-state index in [0.717, 1.165) is 15.6 Å². The quantitative estimate of drug-likeness (QED) is 0.540. The SMILES string of the molecule is Cc1cc(Oc2ncc(Br)cc2[N+](=O)[O-])cc(C)c1Br. The van der Waals surface area contributed by atoms with Gasteiger partial charge in [-0.1, -0.05) is 15.9 Å². The normalized spacial score (nSPS) is 10.4. The van der Waals surface area contributed by atoms with Crippen molar-refractivity contribution in [2.24, 2.45) is 0 Å². The molecule has 2 rings (SSSR count). The van der Waals surface area contributed by atoms with Crippen molar-refractivity contribution >= 4 is 37.5 Å². The predicted octanol–water partition coefficient (Wildman–Crippen LogP) is 4.92. The topological polar surface area (TPSA) is 65.3 Å². The zero-order valence-electron chi connectivity index (χ0n) is 10.7. The van der Waals surface area contributed by atoms with Crippen molar-refractivity contribution in [1.29, 1.82) is 0 Å². The number of nitrogens with zero attached hydrogens (tertiary/aromatic N) is 2. The fourth-order valence-corrected chi connectivity index (χ4v) is 2.25. The zero-order valence-corrected chi connectivity index (χ0v) is 13.9. The first-order valence-electron chi connectivity index (χ1n) is 5.63. The number of benzene rings is 1. The van der Waals surface area contributed by atoms with Crippen molar-refractivity contribution in [1.82, 2.24) is 4.98 Å². The molecule has 0 amide bonds. The molecule has 0 saturated heterocycles. The second kappa shape index (κ2) is 5.88. The molecule has 7 heteroatoms. The van der Waals surface area contributed by atoms with Crippen LogP contribution in [0.15, 0.2) is 33.3 Å². The van der Waals surface area contributed by atoms with Crippen LogP contribution in [0.2, 0.25) is 0 Å². The van der Waals surface area contributed by atoms with E-state index in [0.29, 0.717) is 10.2 Å². The number of hydrogen-bond acceptors (Lipinski definition) is 4. The second-order valence-corrected chi connectivity index (χ2v) is 5.92. The average Bonchev–Trinajstić information content (AvgIpc) is 2.37. The number of aromatic nitrogens is 1. The highest BCUT2D eigenvalue weighted by atomic mass is 79.9. The van der Waals surface area contributed by atoms with Gasteiger partial charge in [-0.3, -0.25) is 10.1 Å². The van der Waals surface area contributed by atoms with E-state index in [-0.39, 0.29) is 11.6 Å². The molecule has 0 unspecified atom stereocenters. The third-order valence-corrected chi connectivity index (χ3v) is 4.30. The van der Waals surface area contributed by atoms with Crippen LogP contribution in [0.1, 0.15) is 11.1 Å². The van der Waals surface area contributed by atoms with Crippen LogP contribution in [0.25, 0.3) is 0 Å². The minimum Gasteiger partial charge on any atom is -0.434 e. The van der Waals surface area contributed by atoms with E-state index in [2.05, 4.69) is 36.8 Å². The monoisotopic (exact) mass is 400 g/mol. The molecule has 0 radical (unpaired) electrons. The number of aryl methyl sites for hydroxylation is 2. The first-order valence-corrected chi connectivity index (χ1v) is 7.21.